The Bertz CT molecular complexity index is 706. The number of methoxy groups -OCH3 is 1. The number of benzene rings is 1. The molecule has 0 fully saturated rings. The molecule has 1 heterocycles. The number of halogens is 2. The highest BCUT2D eigenvalue weighted by Gasteiger charge is 2.17. The van der Waals surface area contributed by atoms with Crippen LogP contribution in [0.3, 0.4) is 0 Å². The second-order valence-electron chi connectivity index (χ2n) is 3.98. The molecule has 0 saturated heterocycles. The van der Waals surface area contributed by atoms with Crippen LogP contribution in [0.1, 0.15) is 20.7 Å². The topological polar surface area (TPSA) is 68.3 Å². The third kappa shape index (κ3) is 3.59. The van der Waals surface area contributed by atoms with Gasteiger partial charge in [-0.2, -0.15) is 0 Å². The normalized spacial score (nSPS) is 10.0. The van der Waals surface area contributed by atoms with Crippen LogP contribution in [0, 0.1) is 0 Å². The molecule has 0 aliphatic carbocycles. The fraction of sp³-hybridized carbons (Fsp3) is 0.0714. The van der Waals surface area contributed by atoms with E-state index in [0.29, 0.717) is 20.9 Å². The number of nitrogens with one attached hydrogen (secondary N) is 1. The summed E-state index contributed by atoms with van der Waals surface area (Å²) >= 11 is 9.06. The van der Waals surface area contributed by atoms with Gasteiger partial charge < -0.3 is 10.1 Å². The molecule has 2 rings (SSSR count). The van der Waals surface area contributed by atoms with Crippen LogP contribution in [-0.2, 0) is 4.74 Å². The van der Waals surface area contributed by atoms with Gasteiger partial charge in [0.05, 0.1) is 23.9 Å². The molecule has 0 radical (unpaired) electrons. The molecule has 0 aliphatic heterocycles. The molecule has 0 aliphatic rings. The van der Waals surface area contributed by atoms with Gasteiger partial charge in [0.15, 0.2) is 0 Å². The van der Waals surface area contributed by atoms with Gasteiger partial charge in [0, 0.05) is 11.2 Å². The van der Waals surface area contributed by atoms with E-state index < -0.39 is 11.9 Å². The zero-order valence-corrected chi connectivity index (χ0v) is 13.2. The van der Waals surface area contributed by atoms with Crippen LogP contribution < -0.4 is 5.32 Å². The lowest BCUT2D eigenvalue weighted by atomic mass is 10.1. The van der Waals surface area contributed by atoms with Crippen molar-refractivity contribution in [3.63, 3.8) is 0 Å². The Morgan fingerprint density at radius 1 is 1.29 bits per heavy atom. The fourth-order valence-electron chi connectivity index (χ4n) is 1.65. The Labute approximate surface area is 134 Å². The van der Waals surface area contributed by atoms with Crippen molar-refractivity contribution in [2.45, 2.75) is 0 Å². The first kappa shape index (κ1) is 15.5. The lowest BCUT2D eigenvalue weighted by molar-refractivity contribution is 0.0602. The Hall–Kier alpha value is -1.92. The van der Waals surface area contributed by atoms with Crippen LogP contribution in [0.5, 0.6) is 0 Å². The molecule has 0 atom stereocenters. The molecule has 2 aromatic rings. The highest BCUT2D eigenvalue weighted by molar-refractivity contribution is 9.10. The number of rotatable bonds is 3. The lowest BCUT2D eigenvalue weighted by Crippen LogP contribution is -2.16. The number of pyridine rings is 1. The first-order valence-electron chi connectivity index (χ1n) is 5.82. The minimum Gasteiger partial charge on any atom is -0.465 e. The molecular formula is C14H10BrClN2O3. The van der Waals surface area contributed by atoms with E-state index in [1.165, 1.54) is 19.2 Å². The van der Waals surface area contributed by atoms with E-state index in [4.69, 9.17) is 11.6 Å². The molecule has 7 heteroatoms. The summed E-state index contributed by atoms with van der Waals surface area (Å²) < 4.78 is 5.09. The molecule has 5 nitrogen and oxygen atoms in total. The quantitative estimate of drug-likeness (QED) is 0.664. The van der Waals surface area contributed by atoms with Crippen molar-refractivity contribution in [3.8, 4) is 0 Å². The third-order valence-electron chi connectivity index (χ3n) is 2.64. The van der Waals surface area contributed by atoms with Gasteiger partial charge >= 0.3 is 5.97 Å². The Kier molecular flexibility index (Phi) is 4.93. The summed E-state index contributed by atoms with van der Waals surface area (Å²) in [5, 5.41) is 3.01. The van der Waals surface area contributed by atoms with Crippen molar-refractivity contribution in [3.05, 3.63) is 57.3 Å². The van der Waals surface area contributed by atoms with E-state index in [1.807, 2.05) is 0 Å². The number of esters is 1. The monoisotopic (exact) mass is 368 g/mol. The van der Waals surface area contributed by atoms with Gasteiger partial charge in [0.1, 0.15) is 4.60 Å². The average Bonchev–Trinajstić information content (AvgIpc) is 2.48. The summed E-state index contributed by atoms with van der Waals surface area (Å²) in [4.78, 5) is 27.9. The number of anilines is 1. The largest absolute Gasteiger partial charge is 0.465 e. The van der Waals surface area contributed by atoms with E-state index in [2.05, 4.69) is 31.0 Å². The molecule has 0 saturated carbocycles. The number of ether oxygens (including phenoxy) is 1. The summed E-state index contributed by atoms with van der Waals surface area (Å²) in [5.74, 6) is -0.986. The van der Waals surface area contributed by atoms with Crippen molar-refractivity contribution in [1.82, 2.24) is 4.98 Å². The Balaban J connectivity index is 2.34. The van der Waals surface area contributed by atoms with Gasteiger partial charge in [0.25, 0.3) is 5.91 Å². The molecule has 1 aromatic carbocycles. The molecule has 108 valence electrons. The molecule has 1 aromatic heterocycles. The summed E-state index contributed by atoms with van der Waals surface area (Å²) in [6, 6.07) is 7.79. The van der Waals surface area contributed by atoms with E-state index in [-0.39, 0.29) is 5.56 Å². The molecular weight excluding hydrogens is 360 g/mol. The number of carbonyl (C=O) groups excluding carboxylic acids is 2. The average molecular weight is 370 g/mol. The van der Waals surface area contributed by atoms with Crippen LogP contribution in [0.25, 0.3) is 0 Å². The number of hydrogen-bond donors (Lipinski definition) is 1. The zero-order chi connectivity index (χ0) is 15.4. The summed E-state index contributed by atoms with van der Waals surface area (Å²) in [6.07, 6.45) is 1.56. The summed E-state index contributed by atoms with van der Waals surface area (Å²) in [7, 11) is 1.26. The second kappa shape index (κ2) is 6.69. The van der Waals surface area contributed by atoms with Gasteiger partial charge in [-0.05, 0) is 46.3 Å². The van der Waals surface area contributed by atoms with E-state index in [0.717, 1.165) is 0 Å². The SMILES string of the molecule is COC(=O)c1cc(Cl)ccc1NC(=O)c1cccnc1Br. The zero-order valence-electron chi connectivity index (χ0n) is 10.9. The van der Waals surface area contributed by atoms with Crippen LogP contribution in [0.2, 0.25) is 5.02 Å². The number of hydrogen-bond acceptors (Lipinski definition) is 4. The van der Waals surface area contributed by atoms with Gasteiger partial charge in [0.2, 0.25) is 0 Å². The van der Waals surface area contributed by atoms with Crippen molar-refractivity contribution in [2.24, 2.45) is 0 Å². The van der Waals surface area contributed by atoms with Crippen molar-refractivity contribution >= 4 is 45.1 Å². The van der Waals surface area contributed by atoms with E-state index in [9.17, 15) is 9.59 Å². The maximum absolute atomic E-state index is 12.2. The molecule has 21 heavy (non-hydrogen) atoms. The Morgan fingerprint density at radius 2 is 2.05 bits per heavy atom. The van der Waals surface area contributed by atoms with Gasteiger partial charge in [-0.1, -0.05) is 11.6 Å². The van der Waals surface area contributed by atoms with Crippen LogP contribution in [0.15, 0.2) is 41.1 Å². The van der Waals surface area contributed by atoms with Crippen molar-refractivity contribution in [2.75, 3.05) is 12.4 Å². The summed E-state index contributed by atoms with van der Waals surface area (Å²) in [5.41, 5.74) is 0.841. The third-order valence-corrected chi connectivity index (χ3v) is 3.51. The number of carbonyl (C=O) groups is 2. The molecule has 0 bridgehead atoms. The van der Waals surface area contributed by atoms with E-state index >= 15 is 0 Å². The van der Waals surface area contributed by atoms with Crippen LogP contribution >= 0.6 is 27.5 Å². The molecule has 1 amide bonds. The lowest BCUT2D eigenvalue weighted by Gasteiger charge is -2.10. The molecule has 1 N–H and O–H groups in total. The standard InChI is InChI=1S/C14H10BrClN2O3/c1-21-14(20)10-7-8(16)4-5-11(10)18-13(19)9-3-2-6-17-12(9)15/h2-7H,1H3,(H,18,19). The number of amides is 1. The minimum absolute atomic E-state index is 0.179. The first-order valence-corrected chi connectivity index (χ1v) is 6.99. The number of nitrogens with zero attached hydrogens (tertiary/aromatic N) is 1. The van der Waals surface area contributed by atoms with E-state index in [1.54, 1.807) is 24.4 Å². The molecule has 0 spiro atoms. The highest BCUT2D eigenvalue weighted by atomic mass is 79.9. The Morgan fingerprint density at radius 3 is 2.71 bits per heavy atom. The predicted octanol–water partition coefficient (Wildman–Crippen LogP) is 3.54. The number of aromatic nitrogens is 1. The van der Waals surface area contributed by atoms with Crippen molar-refractivity contribution < 1.29 is 14.3 Å². The predicted molar refractivity (Wildman–Crippen MR) is 82.7 cm³/mol. The first-order chi connectivity index (χ1) is 10.0. The second-order valence-corrected chi connectivity index (χ2v) is 5.16. The minimum atomic E-state index is -0.585. The van der Waals surface area contributed by atoms with Crippen molar-refractivity contribution in [1.29, 1.82) is 0 Å². The maximum atomic E-state index is 12.2. The molecule has 0 unspecified atom stereocenters. The summed E-state index contributed by atoms with van der Waals surface area (Å²) in [6.45, 7) is 0. The van der Waals surface area contributed by atoms with Gasteiger partial charge in [-0.3, -0.25) is 4.79 Å². The van der Waals surface area contributed by atoms with Gasteiger partial charge in [-0.25, -0.2) is 9.78 Å². The maximum Gasteiger partial charge on any atom is 0.340 e. The highest BCUT2D eigenvalue weighted by Crippen LogP contribution is 2.23. The van der Waals surface area contributed by atoms with Crippen LogP contribution in [0.4, 0.5) is 5.69 Å². The smallest absolute Gasteiger partial charge is 0.340 e. The van der Waals surface area contributed by atoms with Gasteiger partial charge in [-0.15, -0.1) is 0 Å². The van der Waals surface area contributed by atoms with Crippen LogP contribution in [-0.4, -0.2) is 24.0 Å². The fourth-order valence-corrected chi connectivity index (χ4v) is 2.25.